The average Bonchev–Trinajstić information content (AvgIpc) is 3.71. The van der Waals surface area contributed by atoms with Crippen molar-refractivity contribution in [1.82, 2.24) is 15.0 Å². The summed E-state index contributed by atoms with van der Waals surface area (Å²) in [5.41, 5.74) is 7.69. The number of hydrogen-bond donors (Lipinski definition) is 0. The summed E-state index contributed by atoms with van der Waals surface area (Å²) in [4.78, 5) is 14.9. The normalized spacial score (nSPS) is 18.0. The third-order valence-corrected chi connectivity index (χ3v) is 9.95. The van der Waals surface area contributed by atoms with Crippen molar-refractivity contribution in [2.75, 3.05) is 0 Å². The second-order valence-electron chi connectivity index (χ2n) is 12.8. The van der Waals surface area contributed by atoms with Gasteiger partial charge in [-0.05, 0) is 70.4 Å². The van der Waals surface area contributed by atoms with Gasteiger partial charge in [-0.2, -0.15) is 0 Å². The van der Waals surface area contributed by atoms with Crippen molar-refractivity contribution in [2.24, 2.45) is 0 Å². The van der Waals surface area contributed by atoms with E-state index in [4.69, 9.17) is 19.4 Å². The number of nitrogens with zero attached hydrogens (tertiary/aromatic N) is 3. The summed E-state index contributed by atoms with van der Waals surface area (Å²) in [5, 5.41) is 1.83. The van der Waals surface area contributed by atoms with Crippen molar-refractivity contribution < 1.29 is 9.90 Å². The first kappa shape index (κ1) is 24.3. The Morgan fingerprint density at radius 3 is 1.84 bits per heavy atom. The molecule has 0 atom stereocenters. The zero-order valence-corrected chi connectivity index (χ0v) is 26.7. The molecule has 0 unspecified atom stereocenters. The number of aromatic nitrogens is 3. The second kappa shape index (κ2) is 11.1. The van der Waals surface area contributed by atoms with Gasteiger partial charge < -0.3 is 4.42 Å². The van der Waals surface area contributed by atoms with Gasteiger partial charge in [-0.15, -0.1) is 0 Å². The molecule has 2 aliphatic rings. The largest absolute Gasteiger partial charge is 0.456 e. The van der Waals surface area contributed by atoms with Crippen LogP contribution in [0, 0.1) is 0 Å². The highest BCUT2D eigenvalue weighted by Gasteiger charge is 2.43. The number of benzene rings is 6. The standard InChI is InChI=1S/C45H33N3O/c1-4-13-29(14-5-1)42-46-43(30-15-6-2-7-16-30)48-44(47-42)36-18-12-20-39-41(36)35-24-22-32(28-40(35)49-39)31-21-23-34-33-17-8-9-19-37(33)45(38(34)27-31)25-10-3-11-26-45/h1-2,4-9,12-24,27-28H,3,10-11,25-26H2/i25D2,26D2. The van der Waals surface area contributed by atoms with Crippen molar-refractivity contribution in [1.29, 1.82) is 0 Å². The van der Waals surface area contributed by atoms with Crippen LogP contribution in [-0.4, -0.2) is 15.0 Å². The molecule has 2 heterocycles. The van der Waals surface area contributed by atoms with Crippen LogP contribution in [0.2, 0.25) is 0 Å². The smallest absolute Gasteiger partial charge is 0.164 e. The molecule has 0 amide bonds. The Balaban J connectivity index is 1.13. The monoisotopic (exact) mass is 635 g/mol. The highest BCUT2D eigenvalue weighted by Crippen LogP contribution is 2.56. The molecule has 0 saturated heterocycles. The third-order valence-electron chi connectivity index (χ3n) is 9.95. The Labute approximate surface area is 290 Å². The molecule has 6 aromatic carbocycles. The number of rotatable bonds is 4. The highest BCUT2D eigenvalue weighted by atomic mass is 16.3. The quantitative estimate of drug-likeness (QED) is 0.193. The van der Waals surface area contributed by atoms with E-state index in [9.17, 15) is 5.48 Å². The Kier molecular flexibility index (Phi) is 5.50. The van der Waals surface area contributed by atoms with Gasteiger partial charge in [0.1, 0.15) is 11.2 Å². The molecular formula is C45H33N3O. The summed E-state index contributed by atoms with van der Waals surface area (Å²) >= 11 is 0. The number of hydrogen-bond acceptors (Lipinski definition) is 4. The molecule has 0 aliphatic heterocycles. The van der Waals surface area contributed by atoms with Gasteiger partial charge in [0.25, 0.3) is 0 Å². The number of fused-ring (bicyclic) bond motifs is 8. The maximum absolute atomic E-state index is 9.35. The van der Waals surface area contributed by atoms with Gasteiger partial charge >= 0.3 is 0 Å². The first-order valence-corrected chi connectivity index (χ1v) is 16.8. The van der Waals surface area contributed by atoms with E-state index in [1.54, 1.807) is 0 Å². The summed E-state index contributed by atoms with van der Waals surface area (Å²) in [7, 11) is 0. The van der Waals surface area contributed by atoms with Crippen LogP contribution in [-0.2, 0) is 5.41 Å². The average molecular weight is 636 g/mol. The maximum Gasteiger partial charge on any atom is 0.164 e. The predicted octanol–water partition coefficient (Wildman–Crippen LogP) is 11.7. The minimum absolute atomic E-state index is 0.304. The molecular weight excluding hydrogens is 599 g/mol. The topological polar surface area (TPSA) is 51.8 Å². The van der Waals surface area contributed by atoms with Crippen LogP contribution in [0.1, 0.15) is 48.6 Å². The van der Waals surface area contributed by atoms with Crippen molar-refractivity contribution in [3.63, 3.8) is 0 Å². The van der Waals surface area contributed by atoms with Gasteiger partial charge in [0.15, 0.2) is 17.5 Å². The molecule has 1 spiro atoms. The molecule has 2 aromatic heterocycles. The Bertz CT molecular complexity index is 2650. The maximum atomic E-state index is 9.35. The Morgan fingerprint density at radius 1 is 0.469 bits per heavy atom. The van der Waals surface area contributed by atoms with Crippen LogP contribution in [0.3, 0.4) is 0 Å². The van der Waals surface area contributed by atoms with Gasteiger partial charge in [0.2, 0.25) is 0 Å². The van der Waals surface area contributed by atoms with Gasteiger partial charge in [-0.3, -0.25) is 0 Å². The fraction of sp³-hybridized carbons (Fsp3) is 0.133. The molecule has 1 saturated carbocycles. The second-order valence-corrected chi connectivity index (χ2v) is 12.8. The minimum atomic E-state index is -1.77. The zero-order valence-electron chi connectivity index (χ0n) is 30.7. The lowest BCUT2D eigenvalue weighted by atomic mass is 9.67. The van der Waals surface area contributed by atoms with E-state index in [1.807, 2.05) is 121 Å². The first-order chi connectivity index (χ1) is 25.7. The zero-order chi connectivity index (χ0) is 36.0. The van der Waals surface area contributed by atoms with Gasteiger partial charge in [0.05, 0.1) is 0 Å². The van der Waals surface area contributed by atoms with Gasteiger partial charge in [0, 0.05) is 38.4 Å². The molecule has 49 heavy (non-hydrogen) atoms. The van der Waals surface area contributed by atoms with Crippen LogP contribution >= 0.6 is 0 Å². The van der Waals surface area contributed by atoms with Crippen molar-refractivity contribution in [2.45, 2.75) is 37.4 Å². The van der Waals surface area contributed by atoms with E-state index in [1.165, 1.54) is 0 Å². The van der Waals surface area contributed by atoms with Crippen LogP contribution in [0.4, 0.5) is 0 Å². The first-order valence-electron chi connectivity index (χ1n) is 18.8. The lowest BCUT2D eigenvalue weighted by molar-refractivity contribution is 0.353. The van der Waals surface area contributed by atoms with Crippen LogP contribution in [0.15, 0.2) is 144 Å². The van der Waals surface area contributed by atoms with Crippen molar-refractivity contribution in [3.8, 4) is 56.4 Å². The molecule has 8 aromatic rings. The van der Waals surface area contributed by atoms with Crippen LogP contribution in [0.25, 0.3) is 78.4 Å². The third kappa shape index (κ3) is 4.48. The summed E-state index contributed by atoms with van der Waals surface area (Å²) < 4.78 is 43.9. The van der Waals surface area contributed by atoms with E-state index >= 15 is 0 Å². The Morgan fingerprint density at radius 2 is 1.08 bits per heavy atom. The molecule has 4 nitrogen and oxygen atoms in total. The fourth-order valence-corrected chi connectivity index (χ4v) is 7.66. The fourth-order valence-electron chi connectivity index (χ4n) is 7.66. The molecule has 234 valence electrons. The minimum Gasteiger partial charge on any atom is -0.456 e. The summed E-state index contributed by atoms with van der Waals surface area (Å²) in [6, 6.07) is 45.8. The SMILES string of the molecule is [2H]C1([2H])CCCC([2H])([2H])C12c1ccccc1-c1ccc(-c3ccc4c(c3)oc3cccc(-c5nc(-c6ccccc6)nc(-c6ccccc6)n5)c34)cc12. The van der Waals surface area contributed by atoms with Crippen molar-refractivity contribution >= 4 is 21.9 Å². The summed E-state index contributed by atoms with van der Waals surface area (Å²) in [5.74, 6) is 1.73. The molecule has 0 radical (unpaired) electrons. The molecule has 0 N–H and O–H groups in total. The summed E-state index contributed by atoms with van der Waals surface area (Å²) in [6.07, 6.45) is -2.43. The van der Waals surface area contributed by atoms with E-state index in [-0.39, 0.29) is 0 Å². The molecule has 4 heteroatoms. The lowest BCUT2D eigenvalue weighted by Crippen LogP contribution is -2.28. The lowest BCUT2D eigenvalue weighted by Gasteiger charge is -2.36. The van der Waals surface area contributed by atoms with E-state index < -0.39 is 18.2 Å². The van der Waals surface area contributed by atoms with E-state index in [0.29, 0.717) is 47.9 Å². The molecule has 2 aliphatic carbocycles. The van der Waals surface area contributed by atoms with E-state index in [0.717, 1.165) is 60.8 Å². The van der Waals surface area contributed by atoms with Crippen LogP contribution in [0.5, 0.6) is 0 Å². The summed E-state index contributed by atoms with van der Waals surface area (Å²) in [6.45, 7) is 0. The highest BCUT2D eigenvalue weighted by molar-refractivity contribution is 6.12. The van der Waals surface area contributed by atoms with E-state index in [2.05, 4.69) is 18.2 Å². The molecule has 0 bridgehead atoms. The predicted molar refractivity (Wildman–Crippen MR) is 198 cm³/mol. The van der Waals surface area contributed by atoms with Gasteiger partial charge in [-0.25, -0.2) is 15.0 Å². The van der Waals surface area contributed by atoms with Crippen molar-refractivity contribution in [3.05, 3.63) is 151 Å². The Hall–Kier alpha value is -5.87. The van der Waals surface area contributed by atoms with Gasteiger partial charge in [-0.1, -0.05) is 135 Å². The molecule has 1 fully saturated rings. The van der Waals surface area contributed by atoms with Crippen LogP contribution < -0.4 is 0 Å². The number of furan rings is 1. The molecule has 10 rings (SSSR count).